The molecule has 0 radical (unpaired) electrons. The molecule has 2 N–H and O–H groups in total. The lowest BCUT2D eigenvalue weighted by atomic mass is 10.2. The molecule has 0 heterocycles. The summed E-state index contributed by atoms with van der Waals surface area (Å²) in [6, 6.07) is 4.23. The maximum absolute atomic E-state index is 11.5. The van der Waals surface area contributed by atoms with Crippen LogP contribution in [-0.4, -0.2) is 20.1 Å². The van der Waals surface area contributed by atoms with E-state index in [1.54, 1.807) is 6.92 Å². The van der Waals surface area contributed by atoms with Gasteiger partial charge in [0.2, 0.25) is 5.91 Å². The lowest BCUT2D eigenvalue weighted by Crippen LogP contribution is -2.13. The van der Waals surface area contributed by atoms with Crippen LogP contribution in [0.4, 0.5) is 0 Å². The second-order valence-electron chi connectivity index (χ2n) is 2.91. The monoisotopic (exact) mass is 291 g/mol. The van der Waals surface area contributed by atoms with Crippen molar-refractivity contribution in [2.45, 2.75) is 11.8 Å². The molecule has 1 rings (SSSR count). The molecule has 0 atom stereocenters. The number of benzene rings is 1. The summed E-state index contributed by atoms with van der Waals surface area (Å²) >= 11 is 3.12. The third kappa shape index (κ3) is 2.57. The van der Waals surface area contributed by atoms with Gasteiger partial charge < -0.3 is 5.73 Å². The SMILES string of the molecule is CCS(=O)(=O)c1ccc(Br)c(C(N)=O)c1. The van der Waals surface area contributed by atoms with E-state index in [2.05, 4.69) is 15.9 Å². The Labute approximate surface area is 96.5 Å². The molecule has 82 valence electrons. The number of hydrogen-bond donors (Lipinski definition) is 1. The Morgan fingerprint density at radius 2 is 2.07 bits per heavy atom. The van der Waals surface area contributed by atoms with Crippen LogP contribution in [-0.2, 0) is 9.84 Å². The van der Waals surface area contributed by atoms with E-state index >= 15 is 0 Å². The summed E-state index contributed by atoms with van der Waals surface area (Å²) < 4.78 is 23.5. The molecule has 0 unspecified atom stereocenters. The van der Waals surface area contributed by atoms with Crippen LogP contribution in [0.5, 0.6) is 0 Å². The fraction of sp³-hybridized carbons (Fsp3) is 0.222. The minimum Gasteiger partial charge on any atom is -0.366 e. The fourth-order valence-corrected chi connectivity index (χ4v) is 2.40. The quantitative estimate of drug-likeness (QED) is 0.913. The molecule has 15 heavy (non-hydrogen) atoms. The second kappa shape index (κ2) is 4.32. The Bertz CT molecular complexity index is 496. The van der Waals surface area contributed by atoms with Gasteiger partial charge in [0.25, 0.3) is 0 Å². The van der Waals surface area contributed by atoms with Crippen LogP contribution in [0.25, 0.3) is 0 Å². The van der Waals surface area contributed by atoms with Gasteiger partial charge in [-0.15, -0.1) is 0 Å². The molecule has 0 fully saturated rings. The molecule has 0 aliphatic rings. The van der Waals surface area contributed by atoms with Crippen molar-refractivity contribution in [3.05, 3.63) is 28.2 Å². The van der Waals surface area contributed by atoms with Crippen LogP contribution >= 0.6 is 15.9 Å². The first-order chi connectivity index (χ1) is 6.88. The summed E-state index contributed by atoms with van der Waals surface area (Å²) in [6.45, 7) is 1.54. The zero-order valence-electron chi connectivity index (χ0n) is 8.03. The molecule has 1 aromatic rings. The standard InChI is InChI=1S/C9H10BrNO3S/c1-2-15(13,14)6-3-4-8(10)7(5-6)9(11)12/h3-5H,2H2,1H3,(H2,11,12). The van der Waals surface area contributed by atoms with E-state index < -0.39 is 15.7 Å². The second-order valence-corrected chi connectivity index (χ2v) is 6.04. The summed E-state index contributed by atoms with van der Waals surface area (Å²) in [5.41, 5.74) is 5.28. The normalized spacial score (nSPS) is 11.3. The molecule has 0 aliphatic carbocycles. The maximum atomic E-state index is 11.5. The van der Waals surface area contributed by atoms with Gasteiger partial charge in [-0.2, -0.15) is 0 Å². The van der Waals surface area contributed by atoms with Crippen molar-refractivity contribution in [2.75, 3.05) is 5.75 Å². The Hall–Kier alpha value is -0.880. The van der Waals surface area contributed by atoms with E-state index in [0.717, 1.165) is 0 Å². The largest absolute Gasteiger partial charge is 0.366 e. The predicted molar refractivity (Wildman–Crippen MR) is 60.4 cm³/mol. The summed E-state index contributed by atoms with van der Waals surface area (Å²) in [6.07, 6.45) is 0. The number of carbonyl (C=O) groups is 1. The molecule has 6 heteroatoms. The third-order valence-corrected chi connectivity index (χ3v) is 4.37. The first kappa shape index (κ1) is 12.2. The minimum absolute atomic E-state index is 0.00711. The number of halogens is 1. The lowest BCUT2D eigenvalue weighted by molar-refractivity contribution is 0.0999. The number of nitrogens with two attached hydrogens (primary N) is 1. The van der Waals surface area contributed by atoms with E-state index in [0.29, 0.717) is 4.47 Å². The number of sulfone groups is 1. The van der Waals surface area contributed by atoms with Gasteiger partial charge in [0.1, 0.15) is 0 Å². The average Bonchev–Trinajstić information content (AvgIpc) is 2.17. The molecule has 0 saturated carbocycles. The molecular formula is C9H10BrNO3S. The van der Waals surface area contributed by atoms with Crippen LogP contribution in [0, 0.1) is 0 Å². The number of rotatable bonds is 3. The highest BCUT2D eigenvalue weighted by molar-refractivity contribution is 9.10. The maximum Gasteiger partial charge on any atom is 0.249 e. The van der Waals surface area contributed by atoms with Crippen LogP contribution < -0.4 is 5.73 Å². The predicted octanol–water partition coefficient (Wildman–Crippen LogP) is 1.34. The number of carbonyl (C=O) groups excluding carboxylic acids is 1. The summed E-state index contributed by atoms with van der Waals surface area (Å²) in [5, 5.41) is 0. The average molecular weight is 292 g/mol. The van der Waals surface area contributed by atoms with Gasteiger partial charge in [0.15, 0.2) is 9.84 Å². The molecule has 4 nitrogen and oxygen atoms in total. The summed E-state index contributed by atoms with van der Waals surface area (Å²) in [4.78, 5) is 11.1. The van der Waals surface area contributed by atoms with E-state index in [-0.39, 0.29) is 16.2 Å². The molecule has 0 bridgehead atoms. The Kier molecular flexibility index (Phi) is 3.51. The molecule has 0 aromatic heterocycles. The zero-order chi connectivity index (χ0) is 11.6. The highest BCUT2D eigenvalue weighted by Gasteiger charge is 2.15. The van der Waals surface area contributed by atoms with E-state index in [4.69, 9.17) is 5.73 Å². The van der Waals surface area contributed by atoms with Gasteiger partial charge in [-0.25, -0.2) is 8.42 Å². The molecule has 1 amide bonds. The minimum atomic E-state index is -3.30. The number of primary amides is 1. The van der Waals surface area contributed by atoms with Crippen molar-refractivity contribution in [3.63, 3.8) is 0 Å². The zero-order valence-corrected chi connectivity index (χ0v) is 10.4. The van der Waals surface area contributed by atoms with Crippen molar-refractivity contribution in [3.8, 4) is 0 Å². The van der Waals surface area contributed by atoms with E-state index in [1.807, 2.05) is 0 Å². The highest BCUT2D eigenvalue weighted by atomic mass is 79.9. The van der Waals surface area contributed by atoms with Crippen molar-refractivity contribution < 1.29 is 13.2 Å². The van der Waals surface area contributed by atoms with E-state index in [1.165, 1.54) is 18.2 Å². The lowest BCUT2D eigenvalue weighted by Gasteiger charge is -2.04. The summed E-state index contributed by atoms with van der Waals surface area (Å²) in [7, 11) is -3.30. The van der Waals surface area contributed by atoms with Crippen LogP contribution in [0.3, 0.4) is 0 Å². The smallest absolute Gasteiger partial charge is 0.249 e. The number of hydrogen-bond acceptors (Lipinski definition) is 3. The van der Waals surface area contributed by atoms with Crippen molar-refractivity contribution in [2.24, 2.45) is 5.73 Å². The van der Waals surface area contributed by atoms with Crippen LogP contribution in [0.15, 0.2) is 27.6 Å². The first-order valence-corrected chi connectivity index (χ1v) is 6.65. The van der Waals surface area contributed by atoms with Gasteiger partial charge in [0, 0.05) is 4.47 Å². The van der Waals surface area contributed by atoms with Gasteiger partial charge in [0.05, 0.1) is 16.2 Å². The Balaban J connectivity index is 3.38. The van der Waals surface area contributed by atoms with Gasteiger partial charge >= 0.3 is 0 Å². The van der Waals surface area contributed by atoms with Gasteiger partial charge in [-0.3, -0.25) is 4.79 Å². The molecule has 0 aliphatic heterocycles. The van der Waals surface area contributed by atoms with Crippen LogP contribution in [0.2, 0.25) is 0 Å². The molecule has 1 aromatic carbocycles. The number of amides is 1. The van der Waals surface area contributed by atoms with Crippen molar-refractivity contribution in [1.29, 1.82) is 0 Å². The Morgan fingerprint density at radius 1 is 1.47 bits per heavy atom. The summed E-state index contributed by atoms with van der Waals surface area (Å²) in [5.74, 6) is -0.664. The van der Waals surface area contributed by atoms with Crippen molar-refractivity contribution >= 4 is 31.7 Å². The van der Waals surface area contributed by atoms with Crippen molar-refractivity contribution in [1.82, 2.24) is 0 Å². The topological polar surface area (TPSA) is 77.2 Å². The molecular weight excluding hydrogens is 282 g/mol. The Morgan fingerprint density at radius 3 is 2.53 bits per heavy atom. The fourth-order valence-electron chi connectivity index (χ4n) is 1.05. The van der Waals surface area contributed by atoms with Crippen LogP contribution in [0.1, 0.15) is 17.3 Å². The van der Waals surface area contributed by atoms with Gasteiger partial charge in [-0.05, 0) is 34.1 Å². The van der Waals surface area contributed by atoms with Gasteiger partial charge in [-0.1, -0.05) is 6.92 Å². The highest BCUT2D eigenvalue weighted by Crippen LogP contribution is 2.21. The third-order valence-electron chi connectivity index (χ3n) is 1.94. The molecule has 0 spiro atoms. The van der Waals surface area contributed by atoms with E-state index in [9.17, 15) is 13.2 Å². The molecule has 0 saturated heterocycles. The first-order valence-electron chi connectivity index (χ1n) is 4.20.